The fourth-order valence-corrected chi connectivity index (χ4v) is 4.24. The third-order valence-electron chi connectivity index (χ3n) is 5.85. The molecule has 0 saturated carbocycles. The lowest BCUT2D eigenvalue weighted by Gasteiger charge is -2.16. The lowest BCUT2D eigenvalue weighted by Crippen LogP contribution is -2.33. The van der Waals surface area contributed by atoms with Crippen molar-refractivity contribution in [1.82, 2.24) is 24.6 Å². The molecular formula is C25H23FN6O3. The molecule has 35 heavy (non-hydrogen) atoms. The number of anilines is 1. The fourth-order valence-electron chi connectivity index (χ4n) is 4.24. The maximum absolute atomic E-state index is 14.8. The number of fused-ring (bicyclic) bond motifs is 3. The van der Waals surface area contributed by atoms with Crippen LogP contribution in [0.4, 0.5) is 14.9 Å². The van der Waals surface area contributed by atoms with Gasteiger partial charge in [0.15, 0.2) is 0 Å². The number of nitrogens with zero attached hydrogens (tertiary/aromatic N) is 4. The Labute approximate surface area is 200 Å². The highest BCUT2D eigenvalue weighted by molar-refractivity contribution is 5.89. The van der Waals surface area contributed by atoms with E-state index in [1.807, 2.05) is 35.0 Å². The van der Waals surface area contributed by atoms with E-state index in [0.29, 0.717) is 29.9 Å². The minimum atomic E-state index is -0.491. The van der Waals surface area contributed by atoms with Crippen LogP contribution in [0.15, 0.2) is 67.4 Å². The second kappa shape index (κ2) is 9.41. The summed E-state index contributed by atoms with van der Waals surface area (Å²) >= 11 is 0. The van der Waals surface area contributed by atoms with Crippen molar-refractivity contribution < 1.29 is 18.7 Å². The number of hydrogen-bond donors (Lipinski definition) is 2. The molecule has 2 aromatic heterocycles. The Balaban J connectivity index is 1.20. The Morgan fingerprint density at radius 1 is 1.14 bits per heavy atom. The fraction of sp³-hybridized carbons (Fsp3) is 0.200. The number of ether oxygens (including phenoxy) is 1. The second-order valence-corrected chi connectivity index (χ2v) is 8.15. The van der Waals surface area contributed by atoms with Gasteiger partial charge in [-0.05, 0) is 23.8 Å². The van der Waals surface area contributed by atoms with Crippen LogP contribution < -0.4 is 10.6 Å². The van der Waals surface area contributed by atoms with Crippen molar-refractivity contribution in [3.63, 3.8) is 0 Å². The van der Waals surface area contributed by atoms with Gasteiger partial charge >= 0.3 is 12.0 Å². The molecular weight excluding hydrogens is 451 g/mol. The van der Waals surface area contributed by atoms with Gasteiger partial charge < -0.3 is 19.9 Å². The molecule has 0 spiro atoms. The van der Waals surface area contributed by atoms with Crippen LogP contribution >= 0.6 is 0 Å². The molecule has 3 heterocycles. The maximum Gasteiger partial charge on any atom is 0.319 e. The maximum atomic E-state index is 14.8. The number of halogens is 1. The van der Waals surface area contributed by atoms with Crippen LogP contribution in [0.25, 0.3) is 22.4 Å². The number of carbonyl (C=O) groups excluding carboxylic acids is 2. The standard InChI is InChI=1S/C25H23FN6O3/c1-16(33)35-9-8-31-14-17(11-29-31)19-7-6-18(10-22(19)26)30-25(34)28-13-24-21-5-3-2-4-20(21)23-12-27-15-32(23)24/h2-7,10-12,14-15,24H,8-9,13H2,1H3,(H2,28,30,34). The minimum Gasteiger partial charge on any atom is -0.464 e. The molecule has 4 aromatic rings. The highest BCUT2D eigenvalue weighted by Crippen LogP contribution is 2.38. The first-order valence-corrected chi connectivity index (χ1v) is 11.1. The number of rotatable bonds is 7. The Hall–Kier alpha value is -4.47. The lowest BCUT2D eigenvalue weighted by atomic mass is 10.0. The van der Waals surface area contributed by atoms with Crippen molar-refractivity contribution in [3.8, 4) is 22.4 Å². The molecule has 5 rings (SSSR count). The number of hydrogen-bond acceptors (Lipinski definition) is 5. The zero-order valence-electron chi connectivity index (χ0n) is 18.9. The molecule has 0 aliphatic carbocycles. The zero-order chi connectivity index (χ0) is 24.4. The second-order valence-electron chi connectivity index (χ2n) is 8.15. The molecule has 0 fully saturated rings. The van der Waals surface area contributed by atoms with Crippen LogP contribution in [0.3, 0.4) is 0 Å². The first kappa shape index (κ1) is 22.3. The smallest absolute Gasteiger partial charge is 0.319 e. The van der Waals surface area contributed by atoms with Gasteiger partial charge in [-0.25, -0.2) is 14.2 Å². The van der Waals surface area contributed by atoms with Crippen molar-refractivity contribution in [1.29, 1.82) is 0 Å². The summed E-state index contributed by atoms with van der Waals surface area (Å²) in [6, 6.07) is 12.0. The van der Waals surface area contributed by atoms with Gasteiger partial charge in [-0.15, -0.1) is 0 Å². The van der Waals surface area contributed by atoms with Crippen molar-refractivity contribution in [2.75, 3.05) is 18.5 Å². The van der Waals surface area contributed by atoms with Crippen LogP contribution in [-0.2, 0) is 16.1 Å². The number of urea groups is 1. The third-order valence-corrected chi connectivity index (χ3v) is 5.85. The molecule has 0 radical (unpaired) electrons. The van der Waals surface area contributed by atoms with Crippen molar-refractivity contribution in [2.45, 2.75) is 19.5 Å². The Morgan fingerprint density at radius 3 is 2.83 bits per heavy atom. The average Bonchev–Trinajstić information content (AvgIpc) is 3.55. The highest BCUT2D eigenvalue weighted by Gasteiger charge is 2.28. The number of imidazole rings is 1. The monoisotopic (exact) mass is 474 g/mol. The molecule has 10 heteroatoms. The van der Waals surface area contributed by atoms with Crippen molar-refractivity contribution in [2.24, 2.45) is 0 Å². The summed E-state index contributed by atoms with van der Waals surface area (Å²) in [4.78, 5) is 27.6. The van der Waals surface area contributed by atoms with Gasteiger partial charge in [-0.3, -0.25) is 9.48 Å². The summed E-state index contributed by atoms with van der Waals surface area (Å²) < 4.78 is 23.3. The van der Waals surface area contributed by atoms with Gasteiger partial charge in [-0.2, -0.15) is 5.10 Å². The summed E-state index contributed by atoms with van der Waals surface area (Å²) in [5.41, 5.74) is 4.50. The van der Waals surface area contributed by atoms with Gasteiger partial charge in [0.1, 0.15) is 12.4 Å². The number of esters is 1. The van der Waals surface area contributed by atoms with Crippen LogP contribution in [0.2, 0.25) is 0 Å². The minimum absolute atomic E-state index is 0.0639. The van der Waals surface area contributed by atoms with E-state index in [9.17, 15) is 14.0 Å². The molecule has 1 unspecified atom stereocenters. The molecule has 9 nitrogen and oxygen atoms in total. The summed E-state index contributed by atoms with van der Waals surface area (Å²) in [5.74, 6) is -0.856. The van der Waals surface area contributed by atoms with Gasteiger partial charge in [0, 0.05) is 42.0 Å². The van der Waals surface area contributed by atoms with Crippen LogP contribution in [-0.4, -0.2) is 44.5 Å². The largest absolute Gasteiger partial charge is 0.464 e. The Kier molecular flexibility index (Phi) is 6.01. The molecule has 1 atom stereocenters. The zero-order valence-corrected chi connectivity index (χ0v) is 18.9. The molecule has 0 bridgehead atoms. The summed E-state index contributed by atoms with van der Waals surface area (Å²) in [6.45, 7) is 2.25. The van der Waals surface area contributed by atoms with Gasteiger partial charge in [0.25, 0.3) is 0 Å². The molecule has 1 aliphatic rings. The van der Waals surface area contributed by atoms with Crippen molar-refractivity contribution >= 4 is 17.7 Å². The molecule has 178 valence electrons. The number of benzene rings is 2. The van der Waals surface area contributed by atoms with Gasteiger partial charge in [0.2, 0.25) is 0 Å². The first-order chi connectivity index (χ1) is 17.0. The van der Waals surface area contributed by atoms with Crippen LogP contribution in [0, 0.1) is 5.82 Å². The Morgan fingerprint density at radius 2 is 2.00 bits per heavy atom. The molecule has 0 saturated heterocycles. The lowest BCUT2D eigenvalue weighted by molar-refractivity contribution is -0.141. The number of carbonyl (C=O) groups is 2. The first-order valence-electron chi connectivity index (χ1n) is 11.1. The normalized spacial score (nSPS) is 13.7. The quantitative estimate of drug-likeness (QED) is 0.396. The SMILES string of the molecule is CC(=O)OCCn1cc(-c2ccc(NC(=O)NCC3c4ccccc4-c4cncn43)cc2F)cn1. The summed E-state index contributed by atoms with van der Waals surface area (Å²) in [5, 5.41) is 9.72. The van der Waals surface area contributed by atoms with E-state index < -0.39 is 11.8 Å². The predicted molar refractivity (Wildman–Crippen MR) is 127 cm³/mol. The number of amides is 2. The van der Waals surface area contributed by atoms with E-state index in [0.717, 1.165) is 16.8 Å². The molecule has 2 aromatic carbocycles. The highest BCUT2D eigenvalue weighted by atomic mass is 19.1. The number of nitrogens with one attached hydrogen (secondary N) is 2. The topological polar surface area (TPSA) is 103 Å². The van der Waals surface area contributed by atoms with E-state index in [1.165, 1.54) is 19.2 Å². The van der Waals surface area contributed by atoms with Crippen LogP contribution in [0.1, 0.15) is 18.5 Å². The Bertz CT molecular complexity index is 1400. The molecule has 2 amide bonds. The van der Waals surface area contributed by atoms with Gasteiger partial charge in [-0.1, -0.05) is 24.3 Å². The third kappa shape index (κ3) is 4.63. The van der Waals surface area contributed by atoms with E-state index in [4.69, 9.17) is 4.74 Å². The van der Waals surface area contributed by atoms with E-state index in [2.05, 4.69) is 20.7 Å². The van der Waals surface area contributed by atoms with Crippen molar-refractivity contribution in [3.05, 3.63) is 78.8 Å². The predicted octanol–water partition coefficient (Wildman–Crippen LogP) is 3.84. The average molecular weight is 474 g/mol. The molecule has 2 N–H and O–H groups in total. The van der Waals surface area contributed by atoms with E-state index >= 15 is 0 Å². The van der Waals surface area contributed by atoms with Crippen LogP contribution in [0.5, 0.6) is 0 Å². The molecule has 1 aliphatic heterocycles. The van der Waals surface area contributed by atoms with Gasteiger partial charge in [0.05, 0.1) is 37.0 Å². The summed E-state index contributed by atoms with van der Waals surface area (Å²) in [7, 11) is 0. The van der Waals surface area contributed by atoms with E-state index in [1.54, 1.807) is 29.3 Å². The number of aromatic nitrogens is 4. The van der Waals surface area contributed by atoms with E-state index in [-0.39, 0.29) is 18.6 Å². The summed E-state index contributed by atoms with van der Waals surface area (Å²) in [6.07, 6.45) is 6.78.